The Labute approximate surface area is 142 Å². The summed E-state index contributed by atoms with van der Waals surface area (Å²) < 4.78 is 7.27. The van der Waals surface area contributed by atoms with Crippen LogP contribution >= 0.6 is 0 Å². The van der Waals surface area contributed by atoms with E-state index in [0.29, 0.717) is 11.1 Å². The fourth-order valence-corrected chi connectivity index (χ4v) is 2.77. The van der Waals surface area contributed by atoms with Crippen LogP contribution in [0, 0.1) is 13.8 Å². The molecular formula is C19H24N2O3. The van der Waals surface area contributed by atoms with Gasteiger partial charge < -0.3 is 14.2 Å². The molecular weight excluding hydrogens is 304 g/mol. The van der Waals surface area contributed by atoms with E-state index in [0.717, 1.165) is 23.6 Å². The Bertz CT molecular complexity index is 760. The van der Waals surface area contributed by atoms with Gasteiger partial charge in [-0.25, -0.2) is 4.79 Å². The maximum absolute atomic E-state index is 12.4. The zero-order valence-corrected chi connectivity index (χ0v) is 14.9. The molecule has 0 aliphatic heterocycles. The summed E-state index contributed by atoms with van der Waals surface area (Å²) >= 11 is 0. The van der Waals surface area contributed by atoms with E-state index in [1.54, 1.807) is 18.2 Å². The van der Waals surface area contributed by atoms with Crippen LogP contribution in [-0.4, -0.2) is 37.0 Å². The van der Waals surface area contributed by atoms with Crippen molar-refractivity contribution in [3.8, 4) is 0 Å². The van der Waals surface area contributed by atoms with Crippen molar-refractivity contribution >= 4 is 17.4 Å². The van der Waals surface area contributed by atoms with Crippen molar-refractivity contribution in [1.82, 2.24) is 4.57 Å². The first kappa shape index (κ1) is 17.8. The summed E-state index contributed by atoms with van der Waals surface area (Å²) in [5, 5.41) is 0. The first-order valence-electron chi connectivity index (χ1n) is 7.99. The lowest BCUT2D eigenvalue weighted by Gasteiger charge is -2.13. The van der Waals surface area contributed by atoms with Gasteiger partial charge in [0.1, 0.15) is 0 Å². The molecule has 0 aliphatic rings. The molecule has 2 rings (SSSR count). The molecule has 128 valence electrons. The van der Waals surface area contributed by atoms with Gasteiger partial charge >= 0.3 is 5.97 Å². The fraction of sp³-hybridized carbons (Fsp3) is 0.368. The smallest absolute Gasteiger partial charge is 0.338 e. The molecule has 24 heavy (non-hydrogen) atoms. The summed E-state index contributed by atoms with van der Waals surface area (Å²) in [6.45, 7) is 6.46. The van der Waals surface area contributed by atoms with Crippen LogP contribution in [0.3, 0.4) is 0 Å². The van der Waals surface area contributed by atoms with Crippen molar-refractivity contribution in [1.29, 1.82) is 0 Å². The van der Waals surface area contributed by atoms with Crippen LogP contribution in [0.25, 0.3) is 0 Å². The molecule has 0 aliphatic carbocycles. The van der Waals surface area contributed by atoms with Crippen LogP contribution < -0.4 is 4.90 Å². The molecule has 0 unspecified atom stereocenters. The lowest BCUT2D eigenvalue weighted by atomic mass is 10.1. The maximum atomic E-state index is 12.4. The van der Waals surface area contributed by atoms with Gasteiger partial charge in [-0.05, 0) is 45.0 Å². The molecule has 0 fully saturated rings. The molecule has 2 aromatic rings. The Morgan fingerprint density at radius 2 is 1.88 bits per heavy atom. The molecule has 1 aromatic heterocycles. The molecule has 0 bridgehead atoms. The SMILES string of the molecule is CCn1c(C)cc(C(=O)COC(=O)c2cccc(N(C)C)c2)c1C. The zero-order chi connectivity index (χ0) is 17.9. The van der Waals surface area contributed by atoms with E-state index < -0.39 is 5.97 Å². The van der Waals surface area contributed by atoms with Crippen molar-refractivity contribution in [2.24, 2.45) is 0 Å². The average molecular weight is 328 g/mol. The number of ketones is 1. The quantitative estimate of drug-likeness (QED) is 0.603. The van der Waals surface area contributed by atoms with Crippen LogP contribution in [-0.2, 0) is 11.3 Å². The van der Waals surface area contributed by atoms with Crippen molar-refractivity contribution in [3.05, 3.63) is 52.8 Å². The second-order valence-electron chi connectivity index (χ2n) is 5.97. The highest BCUT2D eigenvalue weighted by Gasteiger charge is 2.17. The number of esters is 1. The average Bonchev–Trinajstić information content (AvgIpc) is 2.86. The van der Waals surface area contributed by atoms with Gasteiger partial charge in [-0.1, -0.05) is 6.07 Å². The number of nitrogens with zero attached hydrogens (tertiary/aromatic N) is 2. The number of hydrogen-bond donors (Lipinski definition) is 0. The highest BCUT2D eigenvalue weighted by Crippen LogP contribution is 2.17. The topological polar surface area (TPSA) is 51.5 Å². The number of Topliss-reactive ketones (excluding diaryl/α,β-unsaturated/α-hetero) is 1. The van der Waals surface area contributed by atoms with Gasteiger partial charge in [0.2, 0.25) is 5.78 Å². The lowest BCUT2D eigenvalue weighted by Crippen LogP contribution is -2.16. The Morgan fingerprint density at radius 3 is 2.46 bits per heavy atom. The van der Waals surface area contributed by atoms with Gasteiger partial charge in [0, 0.05) is 43.3 Å². The second kappa shape index (κ2) is 7.34. The third-order valence-corrected chi connectivity index (χ3v) is 4.12. The van der Waals surface area contributed by atoms with Gasteiger partial charge in [0.25, 0.3) is 0 Å². The first-order chi connectivity index (χ1) is 11.3. The molecule has 1 heterocycles. The zero-order valence-electron chi connectivity index (χ0n) is 14.9. The highest BCUT2D eigenvalue weighted by atomic mass is 16.5. The predicted octanol–water partition coefficient (Wildman–Crippen LogP) is 3.23. The van der Waals surface area contributed by atoms with Gasteiger partial charge in [0.15, 0.2) is 6.61 Å². The van der Waals surface area contributed by atoms with Crippen LogP contribution in [0.2, 0.25) is 0 Å². The number of carbonyl (C=O) groups excluding carboxylic acids is 2. The number of aryl methyl sites for hydroxylation is 1. The van der Waals surface area contributed by atoms with E-state index in [4.69, 9.17) is 4.74 Å². The molecule has 0 N–H and O–H groups in total. The van der Waals surface area contributed by atoms with Crippen molar-refractivity contribution in [2.45, 2.75) is 27.3 Å². The van der Waals surface area contributed by atoms with E-state index in [1.807, 2.05) is 51.9 Å². The molecule has 0 spiro atoms. The Kier molecular flexibility index (Phi) is 5.44. The van der Waals surface area contributed by atoms with Gasteiger partial charge in [-0.3, -0.25) is 4.79 Å². The summed E-state index contributed by atoms with van der Waals surface area (Å²) in [6.07, 6.45) is 0. The van der Waals surface area contributed by atoms with Crippen LogP contribution in [0.4, 0.5) is 5.69 Å². The Morgan fingerprint density at radius 1 is 1.17 bits per heavy atom. The van der Waals surface area contributed by atoms with Crippen LogP contribution in [0.1, 0.15) is 39.0 Å². The minimum Gasteiger partial charge on any atom is -0.454 e. The van der Waals surface area contributed by atoms with E-state index in [9.17, 15) is 9.59 Å². The number of aromatic nitrogens is 1. The molecule has 0 saturated carbocycles. The van der Waals surface area contributed by atoms with E-state index >= 15 is 0 Å². The summed E-state index contributed by atoms with van der Waals surface area (Å²) in [5.74, 6) is -0.670. The minimum absolute atomic E-state index is 0.181. The second-order valence-corrected chi connectivity index (χ2v) is 5.97. The molecule has 5 heteroatoms. The van der Waals surface area contributed by atoms with Gasteiger partial charge in [-0.15, -0.1) is 0 Å². The van der Waals surface area contributed by atoms with Gasteiger partial charge in [0.05, 0.1) is 5.56 Å². The molecule has 5 nitrogen and oxygen atoms in total. The highest BCUT2D eigenvalue weighted by molar-refractivity contribution is 6.00. The predicted molar refractivity (Wildman–Crippen MR) is 95.0 cm³/mol. The largest absolute Gasteiger partial charge is 0.454 e. The number of rotatable bonds is 6. The Balaban J connectivity index is 2.06. The summed E-state index contributed by atoms with van der Waals surface area (Å²) in [7, 11) is 3.80. The molecule has 0 amide bonds. The van der Waals surface area contributed by atoms with Crippen molar-refractivity contribution in [2.75, 3.05) is 25.6 Å². The molecule has 0 atom stereocenters. The van der Waals surface area contributed by atoms with E-state index in [1.165, 1.54) is 0 Å². The monoisotopic (exact) mass is 328 g/mol. The number of anilines is 1. The number of ether oxygens (including phenoxy) is 1. The van der Waals surface area contributed by atoms with Crippen LogP contribution in [0.15, 0.2) is 30.3 Å². The molecule has 1 aromatic carbocycles. The van der Waals surface area contributed by atoms with Crippen molar-refractivity contribution in [3.63, 3.8) is 0 Å². The van der Waals surface area contributed by atoms with E-state index in [-0.39, 0.29) is 12.4 Å². The lowest BCUT2D eigenvalue weighted by molar-refractivity contribution is 0.0474. The number of benzene rings is 1. The first-order valence-corrected chi connectivity index (χ1v) is 7.99. The summed E-state index contributed by atoms with van der Waals surface area (Å²) in [6, 6.07) is 8.98. The molecule has 0 radical (unpaired) electrons. The Hall–Kier alpha value is -2.56. The van der Waals surface area contributed by atoms with E-state index in [2.05, 4.69) is 4.57 Å². The normalized spacial score (nSPS) is 10.5. The minimum atomic E-state index is -0.489. The number of hydrogen-bond acceptors (Lipinski definition) is 4. The third kappa shape index (κ3) is 3.67. The van der Waals surface area contributed by atoms with Gasteiger partial charge in [-0.2, -0.15) is 0 Å². The maximum Gasteiger partial charge on any atom is 0.338 e. The van der Waals surface area contributed by atoms with Crippen molar-refractivity contribution < 1.29 is 14.3 Å². The number of carbonyl (C=O) groups is 2. The van der Waals surface area contributed by atoms with Crippen LogP contribution in [0.5, 0.6) is 0 Å². The third-order valence-electron chi connectivity index (χ3n) is 4.12. The summed E-state index contributed by atoms with van der Waals surface area (Å²) in [4.78, 5) is 26.4. The molecule has 0 saturated heterocycles. The standard InChI is InChI=1S/C19H24N2O3/c1-6-21-13(2)10-17(14(21)3)18(22)12-24-19(23)15-8-7-9-16(11-15)20(4)5/h7-11H,6,12H2,1-5H3. The summed E-state index contributed by atoms with van der Waals surface area (Å²) in [5.41, 5.74) is 3.90. The fourth-order valence-electron chi connectivity index (χ4n) is 2.77.